The minimum Gasteiger partial charge on any atom is -0.330 e. The first-order valence-corrected chi connectivity index (χ1v) is 5.76. The van der Waals surface area contributed by atoms with Gasteiger partial charge in [0.25, 0.3) is 0 Å². The molecule has 80 valence electrons. The van der Waals surface area contributed by atoms with Gasteiger partial charge in [-0.05, 0) is 40.5 Å². The highest BCUT2D eigenvalue weighted by molar-refractivity contribution is 9.10. The first-order chi connectivity index (χ1) is 7.22. The van der Waals surface area contributed by atoms with Crippen molar-refractivity contribution in [3.63, 3.8) is 0 Å². The third-order valence-electron chi connectivity index (χ3n) is 2.68. The Hall–Kier alpha value is -0.870. The molecule has 1 atom stereocenters. The van der Waals surface area contributed by atoms with E-state index in [1.54, 1.807) is 0 Å². The Morgan fingerprint density at radius 1 is 1.47 bits per heavy atom. The maximum Gasteiger partial charge on any atom is 0.227 e. The number of carbonyl (C=O) groups excluding carboxylic acids is 1. The SMILES string of the molecule is NCC1CC(=O)N(c2ccccc2Br)C1. The largest absolute Gasteiger partial charge is 0.330 e. The van der Waals surface area contributed by atoms with Crippen molar-refractivity contribution in [2.24, 2.45) is 11.7 Å². The fourth-order valence-corrected chi connectivity index (χ4v) is 2.34. The van der Waals surface area contributed by atoms with Gasteiger partial charge in [-0.25, -0.2) is 0 Å². The Bertz CT molecular complexity index is 381. The van der Waals surface area contributed by atoms with E-state index in [2.05, 4.69) is 15.9 Å². The molecule has 1 aliphatic heterocycles. The summed E-state index contributed by atoms with van der Waals surface area (Å²) in [5.74, 6) is 0.460. The first-order valence-electron chi connectivity index (χ1n) is 4.97. The number of hydrogen-bond acceptors (Lipinski definition) is 2. The maximum atomic E-state index is 11.7. The monoisotopic (exact) mass is 268 g/mol. The molecule has 0 bridgehead atoms. The van der Waals surface area contributed by atoms with Gasteiger partial charge in [-0.1, -0.05) is 12.1 Å². The molecule has 3 nitrogen and oxygen atoms in total. The van der Waals surface area contributed by atoms with Gasteiger partial charge in [0.1, 0.15) is 0 Å². The quantitative estimate of drug-likeness (QED) is 0.889. The van der Waals surface area contributed by atoms with Gasteiger partial charge in [0, 0.05) is 17.4 Å². The van der Waals surface area contributed by atoms with Gasteiger partial charge in [0.05, 0.1) is 5.69 Å². The van der Waals surface area contributed by atoms with Gasteiger partial charge in [-0.2, -0.15) is 0 Å². The lowest BCUT2D eigenvalue weighted by molar-refractivity contribution is -0.117. The second kappa shape index (κ2) is 4.33. The zero-order valence-corrected chi connectivity index (χ0v) is 9.90. The van der Waals surface area contributed by atoms with E-state index in [0.29, 0.717) is 18.9 Å². The number of hydrogen-bond donors (Lipinski definition) is 1. The van der Waals surface area contributed by atoms with Crippen molar-refractivity contribution in [3.8, 4) is 0 Å². The average molecular weight is 269 g/mol. The van der Waals surface area contributed by atoms with Crippen molar-refractivity contribution in [1.82, 2.24) is 0 Å². The van der Waals surface area contributed by atoms with Gasteiger partial charge in [0.15, 0.2) is 0 Å². The number of amides is 1. The number of rotatable bonds is 2. The highest BCUT2D eigenvalue weighted by atomic mass is 79.9. The van der Waals surface area contributed by atoms with Gasteiger partial charge in [-0.15, -0.1) is 0 Å². The fourth-order valence-electron chi connectivity index (χ4n) is 1.84. The molecule has 1 aromatic rings. The first kappa shape index (κ1) is 10.6. The smallest absolute Gasteiger partial charge is 0.227 e. The molecular weight excluding hydrogens is 256 g/mol. The minimum absolute atomic E-state index is 0.164. The fraction of sp³-hybridized carbons (Fsp3) is 0.364. The predicted octanol–water partition coefficient (Wildman–Crippen LogP) is 1.76. The molecule has 0 saturated carbocycles. The molecule has 1 aromatic carbocycles. The number of benzene rings is 1. The van der Waals surface area contributed by atoms with Crippen molar-refractivity contribution in [2.45, 2.75) is 6.42 Å². The molecule has 1 saturated heterocycles. The molecule has 0 aromatic heterocycles. The summed E-state index contributed by atoms with van der Waals surface area (Å²) in [5, 5.41) is 0. The molecule has 1 aliphatic rings. The summed E-state index contributed by atoms with van der Waals surface area (Å²) < 4.78 is 0.955. The van der Waals surface area contributed by atoms with Crippen LogP contribution in [0.2, 0.25) is 0 Å². The summed E-state index contributed by atoms with van der Waals surface area (Å²) in [6.07, 6.45) is 0.567. The van der Waals surface area contributed by atoms with E-state index in [1.165, 1.54) is 0 Å². The molecule has 1 amide bonds. The summed E-state index contributed by atoms with van der Waals surface area (Å²) in [5.41, 5.74) is 6.53. The zero-order chi connectivity index (χ0) is 10.8. The number of carbonyl (C=O) groups is 1. The lowest BCUT2D eigenvalue weighted by atomic mass is 10.1. The van der Waals surface area contributed by atoms with E-state index < -0.39 is 0 Å². The van der Waals surface area contributed by atoms with Crippen LogP contribution in [0.4, 0.5) is 5.69 Å². The van der Waals surface area contributed by atoms with E-state index in [-0.39, 0.29) is 5.91 Å². The maximum absolute atomic E-state index is 11.7. The van der Waals surface area contributed by atoms with Crippen LogP contribution in [0.15, 0.2) is 28.7 Å². The lowest BCUT2D eigenvalue weighted by Gasteiger charge is -2.17. The van der Waals surface area contributed by atoms with Gasteiger partial charge in [-0.3, -0.25) is 4.79 Å². The van der Waals surface area contributed by atoms with E-state index >= 15 is 0 Å². The Morgan fingerprint density at radius 3 is 2.80 bits per heavy atom. The van der Waals surface area contributed by atoms with Crippen LogP contribution in [0.1, 0.15) is 6.42 Å². The number of nitrogens with zero attached hydrogens (tertiary/aromatic N) is 1. The van der Waals surface area contributed by atoms with Crippen LogP contribution < -0.4 is 10.6 Å². The van der Waals surface area contributed by atoms with E-state index in [4.69, 9.17) is 5.73 Å². The summed E-state index contributed by atoms with van der Waals surface area (Å²) in [7, 11) is 0. The molecule has 2 rings (SSSR count). The van der Waals surface area contributed by atoms with Gasteiger partial charge >= 0.3 is 0 Å². The Balaban J connectivity index is 2.25. The summed E-state index contributed by atoms with van der Waals surface area (Å²) in [4.78, 5) is 13.6. The minimum atomic E-state index is 0.164. The summed E-state index contributed by atoms with van der Waals surface area (Å²) in [6.45, 7) is 1.31. The van der Waals surface area contributed by atoms with Crippen molar-refractivity contribution in [3.05, 3.63) is 28.7 Å². The number of anilines is 1. The van der Waals surface area contributed by atoms with Crippen molar-refractivity contribution in [2.75, 3.05) is 18.0 Å². The molecule has 15 heavy (non-hydrogen) atoms. The molecule has 1 unspecified atom stereocenters. The average Bonchev–Trinajstić information content (AvgIpc) is 2.60. The topological polar surface area (TPSA) is 46.3 Å². The summed E-state index contributed by atoms with van der Waals surface area (Å²) >= 11 is 3.45. The Morgan fingerprint density at radius 2 is 2.20 bits per heavy atom. The van der Waals surface area contributed by atoms with Crippen LogP contribution in [-0.4, -0.2) is 19.0 Å². The van der Waals surface area contributed by atoms with Gasteiger partial charge in [0.2, 0.25) is 5.91 Å². The van der Waals surface area contributed by atoms with Crippen LogP contribution in [0, 0.1) is 5.92 Å². The highest BCUT2D eigenvalue weighted by Crippen LogP contribution is 2.30. The highest BCUT2D eigenvalue weighted by Gasteiger charge is 2.30. The molecule has 0 radical (unpaired) electrons. The van der Waals surface area contributed by atoms with E-state index in [1.807, 2.05) is 29.2 Å². The van der Waals surface area contributed by atoms with Crippen LogP contribution in [0.5, 0.6) is 0 Å². The van der Waals surface area contributed by atoms with Crippen LogP contribution in [0.25, 0.3) is 0 Å². The third-order valence-corrected chi connectivity index (χ3v) is 3.35. The third kappa shape index (κ3) is 2.06. The van der Waals surface area contributed by atoms with E-state index in [0.717, 1.165) is 16.7 Å². The van der Waals surface area contributed by atoms with Crippen molar-refractivity contribution < 1.29 is 4.79 Å². The van der Waals surface area contributed by atoms with Crippen molar-refractivity contribution in [1.29, 1.82) is 0 Å². The Kier molecular flexibility index (Phi) is 3.07. The molecule has 0 spiro atoms. The normalized spacial score (nSPS) is 21.1. The van der Waals surface area contributed by atoms with Crippen LogP contribution in [0.3, 0.4) is 0 Å². The van der Waals surface area contributed by atoms with Crippen molar-refractivity contribution >= 4 is 27.5 Å². The van der Waals surface area contributed by atoms with Crippen LogP contribution >= 0.6 is 15.9 Å². The Labute approximate surface area is 97.4 Å². The van der Waals surface area contributed by atoms with E-state index in [9.17, 15) is 4.79 Å². The standard InChI is InChI=1S/C11H13BrN2O/c12-9-3-1-2-4-10(9)14-7-8(6-13)5-11(14)15/h1-4,8H,5-7,13H2. The number of para-hydroxylation sites is 1. The molecule has 2 N–H and O–H groups in total. The second-order valence-corrected chi connectivity index (χ2v) is 4.62. The molecule has 1 fully saturated rings. The summed E-state index contributed by atoms with van der Waals surface area (Å²) in [6, 6.07) is 7.76. The molecule has 4 heteroatoms. The molecule has 1 heterocycles. The molecular formula is C11H13BrN2O. The number of halogens is 1. The predicted molar refractivity (Wildman–Crippen MR) is 63.7 cm³/mol. The zero-order valence-electron chi connectivity index (χ0n) is 8.32. The number of nitrogens with two attached hydrogens (primary N) is 1. The molecule has 0 aliphatic carbocycles. The van der Waals surface area contributed by atoms with Gasteiger partial charge < -0.3 is 10.6 Å². The van der Waals surface area contributed by atoms with Crippen LogP contribution in [-0.2, 0) is 4.79 Å². The second-order valence-electron chi connectivity index (χ2n) is 3.76. The lowest BCUT2D eigenvalue weighted by Crippen LogP contribution is -2.25.